The van der Waals surface area contributed by atoms with Crippen molar-refractivity contribution < 1.29 is 18.7 Å². The Balaban J connectivity index is 1.25. The number of carbonyl (C=O) groups excluding carboxylic acids is 1. The molecule has 1 atom stereocenters. The number of carbonyl (C=O) groups is 1. The van der Waals surface area contributed by atoms with Crippen molar-refractivity contribution in [2.45, 2.75) is 25.2 Å². The van der Waals surface area contributed by atoms with Gasteiger partial charge in [-0.3, -0.25) is 9.89 Å². The van der Waals surface area contributed by atoms with Crippen LogP contribution in [-0.2, 0) is 17.6 Å². The van der Waals surface area contributed by atoms with E-state index >= 15 is 0 Å². The summed E-state index contributed by atoms with van der Waals surface area (Å²) in [6.07, 6.45) is 1.91. The number of nitrogens with zero attached hydrogens (tertiary/aromatic N) is 2. The molecule has 4 rings (SSSR count). The number of hydrogen-bond acceptors (Lipinski definition) is 4. The number of methoxy groups -OCH3 is 1. The van der Waals surface area contributed by atoms with Crippen molar-refractivity contribution in [2.24, 2.45) is 0 Å². The number of halogens is 1. The molecule has 1 aliphatic heterocycles. The monoisotopic (exact) mass is 423 g/mol. The summed E-state index contributed by atoms with van der Waals surface area (Å²) in [4.78, 5) is 14.4. The van der Waals surface area contributed by atoms with E-state index in [0.717, 1.165) is 41.3 Å². The lowest BCUT2D eigenvalue weighted by molar-refractivity contribution is -0.129. The van der Waals surface area contributed by atoms with E-state index in [1.54, 1.807) is 19.2 Å². The molecule has 7 heteroatoms. The van der Waals surface area contributed by atoms with Crippen molar-refractivity contribution in [3.8, 4) is 11.5 Å². The van der Waals surface area contributed by atoms with Gasteiger partial charge in [-0.1, -0.05) is 12.1 Å². The van der Waals surface area contributed by atoms with Gasteiger partial charge in [-0.05, 0) is 54.4 Å². The number of aromatic amines is 1. The Morgan fingerprint density at radius 2 is 1.90 bits per heavy atom. The van der Waals surface area contributed by atoms with E-state index < -0.39 is 0 Å². The molecular formula is C24H26FN3O3. The summed E-state index contributed by atoms with van der Waals surface area (Å²) < 4.78 is 24.0. The van der Waals surface area contributed by atoms with Gasteiger partial charge in [0.2, 0.25) is 5.91 Å². The molecule has 6 nitrogen and oxygen atoms in total. The van der Waals surface area contributed by atoms with Crippen molar-refractivity contribution in [2.75, 3.05) is 26.8 Å². The zero-order valence-electron chi connectivity index (χ0n) is 17.5. The standard InChI is InChI=1S/C24H26FN3O3/c1-30-21-6-8-22(9-7-21)31-13-11-20-15-23(27-26-20)18-10-12-28(16-18)24(29)14-17-2-4-19(25)5-3-17/h2-9,15,18H,10-14,16H2,1H3,(H,26,27). The molecular weight excluding hydrogens is 397 g/mol. The van der Waals surface area contributed by atoms with Gasteiger partial charge in [0.15, 0.2) is 0 Å². The van der Waals surface area contributed by atoms with Crippen LogP contribution < -0.4 is 9.47 Å². The molecule has 1 N–H and O–H groups in total. The quantitative estimate of drug-likeness (QED) is 0.599. The van der Waals surface area contributed by atoms with E-state index in [9.17, 15) is 9.18 Å². The largest absolute Gasteiger partial charge is 0.497 e. The molecule has 1 fully saturated rings. The third-order valence-corrected chi connectivity index (χ3v) is 5.58. The lowest BCUT2D eigenvalue weighted by atomic mass is 10.0. The Kier molecular flexibility index (Phi) is 6.50. The summed E-state index contributed by atoms with van der Waals surface area (Å²) in [5.41, 5.74) is 2.82. The molecule has 1 aromatic heterocycles. The van der Waals surface area contributed by atoms with E-state index in [1.807, 2.05) is 29.2 Å². The molecule has 0 aliphatic carbocycles. The molecule has 1 unspecified atom stereocenters. The van der Waals surface area contributed by atoms with Crippen LogP contribution in [0.25, 0.3) is 0 Å². The first-order valence-electron chi connectivity index (χ1n) is 10.4. The van der Waals surface area contributed by atoms with Gasteiger partial charge >= 0.3 is 0 Å². The van der Waals surface area contributed by atoms with Gasteiger partial charge in [0.25, 0.3) is 0 Å². The van der Waals surface area contributed by atoms with Gasteiger partial charge in [0.05, 0.1) is 25.8 Å². The Labute approximate surface area is 181 Å². The summed E-state index contributed by atoms with van der Waals surface area (Å²) in [6.45, 7) is 1.92. The van der Waals surface area contributed by atoms with Gasteiger partial charge in [-0.15, -0.1) is 0 Å². The molecule has 0 spiro atoms. The summed E-state index contributed by atoms with van der Waals surface area (Å²) in [7, 11) is 1.64. The second-order valence-electron chi connectivity index (χ2n) is 7.72. The first-order chi connectivity index (χ1) is 15.1. The third kappa shape index (κ3) is 5.42. The fraction of sp³-hybridized carbons (Fsp3) is 0.333. The number of H-pyrrole nitrogens is 1. The second-order valence-corrected chi connectivity index (χ2v) is 7.72. The molecule has 31 heavy (non-hydrogen) atoms. The Morgan fingerprint density at radius 3 is 2.65 bits per heavy atom. The average molecular weight is 423 g/mol. The lowest BCUT2D eigenvalue weighted by Gasteiger charge is -2.16. The number of benzene rings is 2. The first-order valence-corrected chi connectivity index (χ1v) is 10.4. The Hall–Kier alpha value is -3.35. The SMILES string of the molecule is COc1ccc(OCCc2cc(C3CCN(C(=O)Cc4ccc(F)cc4)C3)n[nH]2)cc1. The maximum atomic E-state index is 13.0. The van der Waals surface area contributed by atoms with E-state index in [2.05, 4.69) is 16.3 Å². The van der Waals surface area contributed by atoms with Gasteiger partial charge in [-0.2, -0.15) is 5.10 Å². The van der Waals surface area contributed by atoms with Crippen LogP contribution in [0.3, 0.4) is 0 Å². The lowest BCUT2D eigenvalue weighted by Crippen LogP contribution is -2.29. The van der Waals surface area contributed by atoms with E-state index in [0.29, 0.717) is 26.1 Å². The highest BCUT2D eigenvalue weighted by molar-refractivity contribution is 5.79. The Morgan fingerprint density at radius 1 is 1.16 bits per heavy atom. The van der Waals surface area contributed by atoms with Crippen LogP contribution in [-0.4, -0.2) is 47.8 Å². The number of likely N-dealkylation sites (tertiary alicyclic amines) is 1. The van der Waals surface area contributed by atoms with Gasteiger partial charge in [0.1, 0.15) is 17.3 Å². The van der Waals surface area contributed by atoms with E-state index in [-0.39, 0.29) is 17.6 Å². The molecule has 0 saturated carbocycles. The molecule has 1 aliphatic rings. The van der Waals surface area contributed by atoms with Gasteiger partial charge < -0.3 is 14.4 Å². The van der Waals surface area contributed by atoms with Gasteiger partial charge in [-0.25, -0.2) is 4.39 Å². The molecule has 0 bridgehead atoms. The molecule has 162 valence electrons. The third-order valence-electron chi connectivity index (χ3n) is 5.58. The summed E-state index contributed by atoms with van der Waals surface area (Å²) in [5, 5.41) is 7.54. The molecule has 2 aromatic carbocycles. The molecule has 3 aromatic rings. The van der Waals surface area contributed by atoms with Crippen molar-refractivity contribution >= 4 is 5.91 Å². The van der Waals surface area contributed by atoms with Crippen LogP contribution in [0.4, 0.5) is 4.39 Å². The number of nitrogens with one attached hydrogen (secondary N) is 1. The van der Waals surface area contributed by atoms with Crippen LogP contribution in [0.15, 0.2) is 54.6 Å². The number of hydrogen-bond donors (Lipinski definition) is 1. The average Bonchev–Trinajstić information content (AvgIpc) is 3.46. The van der Waals surface area contributed by atoms with E-state index in [4.69, 9.17) is 9.47 Å². The maximum absolute atomic E-state index is 13.0. The van der Waals surface area contributed by atoms with Crippen LogP contribution in [0.1, 0.15) is 29.3 Å². The van der Waals surface area contributed by atoms with Crippen LogP contribution in [0.2, 0.25) is 0 Å². The predicted octanol–water partition coefficient (Wildman–Crippen LogP) is 3.74. The summed E-state index contributed by atoms with van der Waals surface area (Å²) in [5.74, 6) is 1.60. The highest BCUT2D eigenvalue weighted by Gasteiger charge is 2.28. The maximum Gasteiger partial charge on any atom is 0.227 e. The van der Waals surface area contributed by atoms with Crippen molar-refractivity contribution in [1.29, 1.82) is 0 Å². The molecule has 1 amide bonds. The van der Waals surface area contributed by atoms with Crippen molar-refractivity contribution in [3.05, 3.63) is 77.4 Å². The first kappa shape index (κ1) is 20.9. The van der Waals surface area contributed by atoms with Crippen LogP contribution in [0, 0.1) is 5.82 Å². The van der Waals surface area contributed by atoms with Crippen LogP contribution in [0.5, 0.6) is 11.5 Å². The smallest absolute Gasteiger partial charge is 0.227 e. The fourth-order valence-electron chi connectivity index (χ4n) is 3.78. The predicted molar refractivity (Wildman–Crippen MR) is 115 cm³/mol. The minimum Gasteiger partial charge on any atom is -0.497 e. The van der Waals surface area contributed by atoms with Crippen molar-refractivity contribution in [1.82, 2.24) is 15.1 Å². The van der Waals surface area contributed by atoms with E-state index in [1.165, 1.54) is 12.1 Å². The molecule has 1 saturated heterocycles. The normalized spacial score (nSPS) is 15.8. The fourth-order valence-corrected chi connectivity index (χ4v) is 3.78. The number of ether oxygens (including phenoxy) is 2. The topological polar surface area (TPSA) is 67.5 Å². The summed E-state index contributed by atoms with van der Waals surface area (Å²) in [6, 6.07) is 15.7. The number of aromatic nitrogens is 2. The number of rotatable bonds is 8. The molecule has 2 heterocycles. The van der Waals surface area contributed by atoms with Crippen LogP contribution >= 0.6 is 0 Å². The van der Waals surface area contributed by atoms with Gasteiger partial charge in [0, 0.05) is 31.1 Å². The zero-order chi connectivity index (χ0) is 21.6. The second kappa shape index (κ2) is 9.64. The highest BCUT2D eigenvalue weighted by atomic mass is 19.1. The highest BCUT2D eigenvalue weighted by Crippen LogP contribution is 2.27. The summed E-state index contributed by atoms with van der Waals surface area (Å²) >= 11 is 0. The number of amides is 1. The Bertz CT molecular complexity index is 1000. The minimum atomic E-state index is -0.291. The zero-order valence-corrected chi connectivity index (χ0v) is 17.5. The molecule has 0 radical (unpaired) electrons. The minimum absolute atomic E-state index is 0.0674. The van der Waals surface area contributed by atoms with Crippen molar-refractivity contribution in [3.63, 3.8) is 0 Å².